The molecule has 0 saturated carbocycles. The molecule has 0 amide bonds. The van der Waals surface area contributed by atoms with Crippen LogP contribution in [0.5, 0.6) is 5.75 Å². The van der Waals surface area contributed by atoms with Crippen molar-refractivity contribution >= 4 is 22.5 Å². The zero-order valence-electron chi connectivity index (χ0n) is 15.8. The first-order chi connectivity index (χ1) is 12.9. The molecule has 0 bridgehead atoms. The number of fused-ring (bicyclic) bond motifs is 1. The van der Waals surface area contributed by atoms with Crippen LogP contribution >= 0.6 is 0 Å². The minimum atomic E-state index is -0.714. The number of phenols is 1. The second-order valence-electron chi connectivity index (χ2n) is 6.62. The Balaban J connectivity index is 1.75. The smallest absolute Gasteiger partial charge is 0.342 e. The van der Waals surface area contributed by atoms with Gasteiger partial charge < -0.3 is 14.4 Å². The summed E-state index contributed by atoms with van der Waals surface area (Å²) in [5, 5.41) is 11.8. The van der Waals surface area contributed by atoms with Crippen LogP contribution in [0.2, 0.25) is 0 Å². The Kier molecular flexibility index (Phi) is 5.31. The molecule has 3 rings (SSSR count). The standard InChI is InChI=1S/C22H23NO4/c1-4-11-23-14(2)12-19(15(23)3)20(24)13-27-22(26)18-10-9-16-7-5-6-8-17(16)21(18)25/h5-10,12,25H,4,11,13H2,1-3H3. The molecule has 0 fully saturated rings. The summed E-state index contributed by atoms with van der Waals surface area (Å²) in [7, 11) is 0. The average Bonchev–Trinajstić information content (AvgIpc) is 2.95. The molecule has 0 atom stereocenters. The van der Waals surface area contributed by atoms with Crippen LogP contribution in [-0.2, 0) is 11.3 Å². The number of phenolic OH excluding ortho intramolecular Hbond substituents is 1. The molecular weight excluding hydrogens is 342 g/mol. The minimum Gasteiger partial charge on any atom is -0.506 e. The molecule has 3 aromatic rings. The van der Waals surface area contributed by atoms with Crippen LogP contribution in [0.25, 0.3) is 10.8 Å². The van der Waals surface area contributed by atoms with E-state index in [2.05, 4.69) is 11.5 Å². The summed E-state index contributed by atoms with van der Waals surface area (Å²) < 4.78 is 7.27. The number of carbonyl (C=O) groups excluding carboxylic acids is 2. The van der Waals surface area contributed by atoms with Crippen molar-refractivity contribution in [3.05, 3.63) is 65.0 Å². The molecule has 0 aliphatic rings. The number of aryl methyl sites for hydroxylation is 1. The van der Waals surface area contributed by atoms with E-state index < -0.39 is 5.97 Å². The second kappa shape index (κ2) is 7.66. The van der Waals surface area contributed by atoms with Crippen molar-refractivity contribution in [2.24, 2.45) is 0 Å². The average molecular weight is 365 g/mol. The topological polar surface area (TPSA) is 68.5 Å². The van der Waals surface area contributed by atoms with Gasteiger partial charge in [0.05, 0.1) is 0 Å². The quantitative estimate of drug-likeness (QED) is 0.519. The maximum atomic E-state index is 12.5. The highest BCUT2D eigenvalue weighted by Gasteiger charge is 2.19. The lowest BCUT2D eigenvalue weighted by atomic mass is 10.1. The lowest BCUT2D eigenvalue weighted by Crippen LogP contribution is -2.15. The van der Waals surface area contributed by atoms with E-state index in [0.717, 1.165) is 29.7 Å². The number of carbonyl (C=O) groups is 2. The van der Waals surface area contributed by atoms with E-state index in [1.807, 2.05) is 32.0 Å². The number of aromatic hydroxyl groups is 1. The maximum Gasteiger partial charge on any atom is 0.342 e. The summed E-state index contributed by atoms with van der Waals surface area (Å²) in [4.78, 5) is 24.9. The molecule has 27 heavy (non-hydrogen) atoms. The van der Waals surface area contributed by atoms with E-state index in [1.54, 1.807) is 18.2 Å². The van der Waals surface area contributed by atoms with Crippen LogP contribution < -0.4 is 0 Å². The van der Waals surface area contributed by atoms with Crippen LogP contribution in [0.15, 0.2) is 42.5 Å². The Morgan fingerprint density at radius 1 is 1.07 bits per heavy atom. The molecule has 0 aliphatic carbocycles. The largest absolute Gasteiger partial charge is 0.506 e. The number of benzene rings is 2. The van der Waals surface area contributed by atoms with Crippen molar-refractivity contribution in [3.8, 4) is 5.75 Å². The highest BCUT2D eigenvalue weighted by Crippen LogP contribution is 2.29. The number of ether oxygens (including phenoxy) is 1. The summed E-state index contributed by atoms with van der Waals surface area (Å²) in [6.07, 6.45) is 0.972. The molecule has 1 aromatic heterocycles. The molecule has 0 unspecified atom stereocenters. The molecule has 0 saturated heterocycles. The van der Waals surface area contributed by atoms with E-state index >= 15 is 0 Å². The minimum absolute atomic E-state index is 0.0537. The van der Waals surface area contributed by atoms with Crippen LogP contribution in [0.4, 0.5) is 0 Å². The molecule has 5 heteroatoms. The Morgan fingerprint density at radius 2 is 1.81 bits per heavy atom. The molecular formula is C22H23NO4. The fraction of sp³-hybridized carbons (Fsp3) is 0.273. The van der Waals surface area contributed by atoms with Gasteiger partial charge in [-0.05, 0) is 37.8 Å². The monoisotopic (exact) mass is 365 g/mol. The predicted molar refractivity (Wildman–Crippen MR) is 104 cm³/mol. The van der Waals surface area contributed by atoms with Crippen molar-refractivity contribution in [2.45, 2.75) is 33.7 Å². The van der Waals surface area contributed by atoms with Gasteiger partial charge in [0.2, 0.25) is 5.78 Å². The van der Waals surface area contributed by atoms with Gasteiger partial charge in [-0.15, -0.1) is 0 Å². The number of esters is 1. The fourth-order valence-electron chi connectivity index (χ4n) is 3.36. The molecule has 0 radical (unpaired) electrons. The van der Waals surface area contributed by atoms with Crippen LogP contribution in [0, 0.1) is 13.8 Å². The van der Waals surface area contributed by atoms with Crippen LogP contribution in [0.1, 0.15) is 45.4 Å². The molecule has 140 valence electrons. The van der Waals surface area contributed by atoms with Gasteiger partial charge in [0.15, 0.2) is 6.61 Å². The number of hydrogen-bond donors (Lipinski definition) is 1. The van der Waals surface area contributed by atoms with E-state index in [4.69, 9.17) is 4.74 Å². The highest BCUT2D eigenvalue weighted by molar-refractivity contribution is 6.03. The Labute approximate surface area is 158 Å². The summed E-state index contributed by atoms with van der Waals surface area (Å²) in [5.41, 5.74) is 2.51. The van der Waals surface area contributed by atoms with Gasteiger partial charge in [0, 0.05) is 28.9 Å². The molecule has 0 spiro atoms. The number of Topliss-reactive ketones (excluding diaryl/α,β-unsaturated/α-hetero) is 1. The van der Waals surface area contributed by atoms with E-state index in [1.165, 1.54) is 6.07 Å². The number of hydrogen-bond acceptors (Lipinski definition) is 4. The van der Waals surface area contributed by atoms with Gasteiger partial charge in [-0.3, -0.25) is 4.79 Å². The molecule has 5 nitrogen and oxygen atoms in total. The van der Waals surface area contributed by atoms with Gasteiger partial charge in [-0.25, -0.2) is 4.79 Å². The van der Waals surface area contributed by atoms with Crippen molar-refractivity contribution in [3.63, 3.8) is 0 Å². The summed E-state index contributed by atoms with van der Waals surface area (Å²) in [5.74, 6) is -1.10. The van der Waals surface area contributed by atoms with E-state index in [-0.39, 0.29) is 23.7 Å². The van der Waals surface area contributed by atoms with E-state index in [9.17, 15) is 14.7 Å². The Bertz CT molecular complexity index is 1020. The lowest BCUT2D eigenvalue weighted by molar-refractivity contribution is 0.0472. The molecule has 1 N–H and O–H groups in total. The van der Waals surface area contributed by atoms with Crippen LogP contribution in [-0.4, -0.2) is 28.0 Å². The number of rotatable bonds is 6. The second-order valence-corrected chi connectivity index (χ2v) is 6.62. The zero-order chi connectivity index (χ0) is 19.6. The van der Waals surface area contributed by atoms with Crippen LogP contribution in [0.3, 0.4) is 0 Å². The molecule has 0 aliphatic heterocycles. The number of nitrogens with zero attached hydrogens (tertiary/aromatic N) is 1. The van der Waals surface area contributed by atoms with Gasteiger partial charge in [-0.1, -0.05) is 37.3 Å². The number of aromatic nitrogens is 1. The third kappa shape index (κ3) is 3.58. The normalized spacial score (nSPS) is 10.9. The van der Waals surface area contributed by atoms with Crippen molar-refractivity contribution in [1.82, 2.24) is 4.57 Å². The first kappa shape index (κ1) is 18.7. The van der Waals surface area contributed by atoms with Gasteiger partial charge >= 0.3 is 5.97 Å². The van der Waals surface area contributed by atoms with E-state index in [0.29, 0.717) is 10.9 Å². The number of ketones is 1. The highest BCUT2D eigenvalue weighted by atomic mass is 16.5. The zero-order valence-corrected chi connectivity index (χ0v) is 15.8. The first-order valence-electron chi connectivity index (χ1n) is 9.01. The Hall–Kier alpha value is -3.08. The van der Waals surface area contributed by atoms with Crippen molar-refractivity contribution in [2.75, 3.05) is 6.61 Å². The predicted octanol–water partition coefficient (Wildman–Crippen LogP) is 4.41. The first-order valence-corrected chi connectivity index (χ1v) is 9.01. The summed E-state index contributed by atoms with van der Waals surface area (Å²) >= 11 is 0. The summed E-state index contributed by atoms with van der Waals surface area (Å²) in [6, 6.07) is 12.3. The van der Waals surface area contributed by atoms with Gasteiger partial charge in [0.25, 0.3) is 0 Å². The Morgan fingerprint density at radius 3 is 2.56 bits per heavy atom. The van der Waals surface area contributed by atoms with Crippen molar-refractivity contribution < 1.29 is 19.4 Å². The molecule has 2 aromatic carbocycles. The lowest BCUT2D eigenvalue weighted by Gasteiger charge is -2.09. The maximum absolute atomic E-state index is 12.5. The third-order valence-electron chi connectivity index (χ3n) is 4.78. The van der Waals surface area contributed by atoms with Gasteiger partial charge in [-0.2, -0.15) is 0 Å². The van der Waals surface area contributed by atoms with Gasteiger partial charge in [0.1, 0.15) is 11.3 Å². The third-order valence-corrected chi connectivity index (χ3v) is 4.78. The SMILES string of the molecule is CCCn1c(C)cc(C(=O)COC(=O)c2ccc3ccccc3c2O)c1C. The fourth-order valence-corrected chi connectivity index (χ4v) is 3.36. The van der Waals surface area contributed by atoms with Crippen molar-refractivity contribution in [1.29, 1.82) is 0 Å². The molecule has 1 heterocycles. The summed E-state index contributed by atoms with van der Waals surface area (Å²) in [6.45, 7) is 6.42.